The largest absolute Gasteiger partial charge is 0.493 e. The van der Waals surface area contributed by atoms with Gasteiger partial charge in [0, 0.05) is 5.56 Å². The van der Waals surface area contributed by atoms with Crippen molar-refractivity contribution in [3.63, 3.8) is 0 Å². The Kier molecular flexibility index (Phi) is 6.27. The summed E-state index contributed by atoms with van der Waals surface area (Å²) < 4.78 is 15.6. The maximum absolute atomic E-state index is 12.5. The van der Waals surface area contributed by atoms with E-state index in [2.05, 4.69) is 0 Å². The van der Waals surface area contributed by atoms with Gasteiger partial charge in [0.05, 0.1) is 24.8 Å². The van der Waals surface area contributed by atoms with E-state index in [1.165, 1.54) is 33.3 Å². The smallest absolute Gasteiger partial charge is 0.339 e. The Morgan fingerprint density at radius 1 is 0.962 bits per heavy atom. The van der Waals surface area contributed by atoms with Crippen LogP contribution in [0.2, 0.25) is 5.02 Å². The quantitative estimate of drug-likeness (QED) is 0.552. The van der Waals surface area contributed by atoms with Gasteiger partial charge in [0.1, 0.15) is 0 Å². The molecular formula is C20H21ClO5. The molecule has 6 heteroatoms. The van der Waals surface area contributed by atoms with Crippen LogP contribution in [0.25, 0.3) is 0 Å². The molecule has 2 rings (SSSR count). The summed E-state index contributed by atoms with van der Waals surface area (Å²) in [5.41, 5.74) is 2.76. The summed E-state index contributed by atoms with van der Waals surface area (Å²) in [5, 5.41) is 0.215. The minimum atomic E-state index is -0.934. The molecule has 0 saturated heterocycles. The highest BCUT2D eigenvalue weighted by Crippen LogP contribution is 2.36. The number of ether oxygens (including phenoxy) is 3. The van der Waals surface area contributed by atoms with Gasteiger partial charge in [0.25, 0.3) is 0 Å². The summed E-state index contributed by atoms with van der Waals surface area (Å²) in [5.74, 6) is -0.310. The Bertz CT molecular complexity index is 844. The maximum atomic E-state index is 12.5. The molecule has 0 unspecified atom stereocenters. The van der Waals surface area contributed by atoms with Crippen LogP contribution in [0.3, 0.4) is 0 Å². The summed E-state index contributed by atoms with van der Waals surface area (Å²) in [6.45, 7) is 5.43. The lowest BCUT2D eigenvalue weighted by Gasteiger charge is -2.15. The van der Waals surface area contributed by atoms with E-state index in [0.29, 0.717) is 17.1 Å². The minimum Gasteiger partial charge on any atom is -0.493 e. The SMILES string of the molecule is COc1cc(C(=O)O[C@H](C)C(=O)c2ccc(C)c(C)c2)cc(Cl)c1OC. The number of ketones is 1. The average Bonchev–Trinajstić information content (AvgIpc) is 2.62. The van der Waals surface area contributed by atoms with Gasteiger partial charge in [-0.15, -0.1) is 0 Å². The van der Waals surface area contributed by atoms with Crippen LogP contribution in [-0.4, -0.2) is 32.1 Å². The zero-order valence-electron chi connectivity index (χ0n) is 15.4. The van der Waals surface area contributed by atoms with Gasteiger partial charge in [-0.2, -0.15) is 0 Å². The molecule has 138 valence electrons. The van der Waals surface area contributed by atoms with Crippen molar-refractivity contribution < 1.29 is 23.8 Å². The molecule has 0 aliphatic heterocycles. The van der Waals surface area contributed by atoms with Gasteiger partial charge in [-0.1, -0.05) is 23.7 Å². The van der Waals surface area contributed by atoms with Crippen LogP contribution < -0.4 is 9.47 Å². The van der Waals surface area contributed by atoms with Crippen LogP contribution in [0.4, 0.5) is 0 Å². The van der Waals surface area contributed by atoms with Gasteiger partial charge in [-0.3, -0.25) is 4.79 Å². The summed E-state index contributed by atoms with van der Waals surface area (Å²) in [4.78, 5) is 24.9. The van der Waals surface area contributed by atoms with Gasteiger partial charge in [-0.05, 0) is 50.1 Å². The Hall–Kier alpha value is -2.53. The standard InChI is InChI=1S/C20H21ClO5/c1-11-6-7-14(8-12(11)2)18(22)13(3)26-20(23)15-9-16(21)19(25-5)17(10-15)24-4/h6-10,13H,1-5H3/t13-/m1/s1. The molecule has 0 fully saturated rings. The van der Waals surface area contributed by atoms with Crippen molar-refractivity contribution in [2.75, 3.05) is 14.2 Å². The number of hydrogen-bond donors (Lipinski definition) is 0. The van der Waals surface area contributed by atoms with Crippen molar-refractivity contribution in [3.8, 4) is 11.5 Å². The molecule has 0 bridgehead atoms. The van der Waals surface area contributed by atoms with Crippen molar-refractivity contribution in [3.05, 3.63) is 57.6 Å². The third kappa shape index (κ3) is 4.17. The van der Waals surface area contributed by atoms with Crippen LogP contribution in [-0.2, 0) is 4.74 Å². The van der Waals surface area contributed by atoms with Crippen LogP contribution >= 0.6 is 11.6 Å². The second kappa shape index (κ2) is 8.23. The molecule has 26 heavy (non-hydrogen) atoms. The Balaban J connectivity index is 2.19. The highest BCUT2D eigenvalue weighted by atomic mass is 35.5. The second-order valence-electron chi connectivity index (χ2n) is 5.90. The first-order valence-corrected chi connectivity index (χ1v) is 8.40. The van der Waals surface area contributed by atoms with Crippen LogP contribution in [0.5, 0.6) is 11.5 Å². The molecule has 2 aromatic rings. The van der Waals surface area contributed by atoms with E-state index in [4.69, 9.17) is 25.8 Å². The van der Waals surface area contributed by atoms with Gasteiger partial charge in [0.2, 0.25) is 5.78 Å². The Labute approximate surface area is 157 Å². The number of carbonyl (C=O) groups excluding carboxylic acids is 2. The predicted octanol–water partition coefficient (Wildman–Crippen LogP) is 4.40. The second-order valence-corrected chi connectivity index (χ2v) is 6.31. The van der Waals surface area contributed by atoms with Crippen molar-refractivity contribution in [1.82, 2.24) is 0 Å². The van der Waals surface area contributed by atoms with Gasteiger partial charge in [0.15, 0.2) is 17.6 Å². The molecule has 0 amide bonds. The van der Waals surface area contributed by atoms with Gasteiger partial charge >= 0.3 is 5.97 Å². The lowest BCUT2D eigenvalue weighted by atomic mass is 10.0. The van der Waals surface area contributed by atoms with Crippen molar-refractivity contribution in [2.24, 2.45) is 0 Å². The number of Topliss-reactive ketones (excluding diaryl/α,β-unsaturated/α-hetero) is 1. The summed E-state index contributed by atoms with van der Waals surface area (Å²) in [6, 6.07) is 8.25. The number of halogens is 1. The number of aryl methyl sites for hydroxylation is 2. The molecule has 0 spiro atoms. The van der Waals surface area contributed by atoms with E-state index in [-0.39, 0.29) is 16.4 Å². The fraction of sp³-hybridized carbons (Fsp3) is 0.300. The number of hydrogen-bond acceptors (Lipinski definition) is 5. The maximum Gasteiger partial charge on any atom is 0.339 e. The Morgan fingerprint density at radius 3 is 2.23 bits per heavy atom. The minimum absolute atomic E-state index is 0.174. The highest BCUT2D eigenvalue weighted by Gasteiger charge is 2.22. The number of methoxy groups -OCH3 is 2. The molecule has 0 N–H and O–H groups in total. The third-order valence-corrected chi connectivity index (χ3v) is 4.39. The average molecular weight is 377 g/mol. The lowest BCUT2D eigenvalue weighted by molar-refractivity contribution is 0.0318. The van der Waals surface area contributed by atoms with E-state index in [9.17, 15) is 9.59 Å². The fourth-order valence-corrected chi connectivity index (χ4v) is 2.74. The zero-order chi connectivity index (χ0) is 19.4. The summed E-state index contributed by atoms with van der Waals surface area (Å²) in [7, 11) is 2.89. The molecular weight excluding hydrogens is 356 g/mol. The first-order chi connectivity index (χ1) is 12.3. The van der Waals surface area contributed by atoms with Crippen molar-refractivity contribution in [1.29, 1.82) is 0 Å². The molecule has 0 radical (unpaired) electrons. The number of benzene rings is 2. The molecule has 5 nitrogen and oxygen atoms in total. The van der Waals surface area contributed by atoms with E-state index in [1.54, 1.807) is 12.1 Å². The Morgan fingerprint density at radius 2 is 1.65 bits per heavy atom. The van der Waals surface area contributed by atoms with Crippen LogP contribution in [0.1, 0.15) is 38.8 Å². The van der Waals surface area contributed by atoms with Crippen molar-refractivity contribution >= 4 is 23.4 Å². The summed E-state index contributed by atoms with van der Waals surface area (Å²) >= 11 is 6.11. The lowest BCUT2D eigenvalue weighted by Crippen LogP contribution is -2.24. The van der Waals surface area contributed by atoms with E-state index >= 15 is 0 Å². The monoisotopic (exact) mass is 376 g/mol. The zero-order valence-corrected chi connectivity index (χ0v) is 16.1. The fourth-order valence-electron chi connectivity index (χ4n) is 2.45. The number of rotatable bonds is 6. The molecule has 1 atom stereocenters. The highest BCUT2D eigenvalue weighted by molar-refractivity contribution is 6.32. The van der Waals surface area contributed by atoms with E-state index in [0.717, 1.165) is 11.1 Å². The first-order valence-electron chi connectivity index (χ1n) is 8.02. The summed E-state index contributed by atoms with van der Waals surface area (Å²) in [6.07, 6.45) is -0.934. The van der Waals surface area contributed by atoms with Crippen LogP contribution in [0.15, 0.2) is 30.3 Å². The normalized spacial score (nSPS) is 11.6. The first kappa shape index (κ1) is 19.8. The number of esters is 1. The molecule has 0 aliphatic rings. The number of carbonyl (C=O) groups is 2. The molecule has 0 aromatic heterocycles. The van der Waals surface area contributed by atoms with Crippen molar-refractivity contribution in [2.45, 2.75) is 26.9 Å². The molecule has 0 heterocycles. The predicted molar refractivity (Wildman–Crippen MR) is 99.7 cm³/mol. The van der Waals surface area contributed by atoms with E-state index < -0.39 is 12.1 Å². The molecule has 0 aliphatic carbocycles. The topological polar surface area (TPSA) is 61.8 Å². The van der Waals surface area contributed by atoms with E-state index in [1.807, 2.05) is 19.9 Å². The third-order valence-electron chi connectivity index (χ3n) is 4.11. The van der Waals surface area contributed by atoms with Gasteiger partial charge < -0.3 is 14.2 Å². The molecule has 2 aromatic carbocycles. The molecule has 0 saturated carbocycles. The van der Waals surface area contributed by atoms with Crippen LogP contribution in [0, 0.1) is 13.8 Å². The van der Waals surface area contributed by atoms with Gasteiger partial charge in [-0.25, -0.2) is 4.79 Å².